The lowest BCUT2D eigenvalue weighted by molar-refractivity contribution is 0.480. The van der Waals surface area contributed by atoms with E-state index in [4.69, 9.17) is 4.74 Å². The summed E-state index contributed by atoms with van der Waals surface area (Å²) in [4.78, 5) is 0. The summed E-state index contributed by atoms with van der Waals surface area (Å²) in [7, 11) is 0. The molecule has 1 saturated heterocycles. The number of hydrogen-bond donors (Lipinski definition) is 1. The first-order chi connectivity index (χ1) is 8.92. The monoisotopic (exact) mass is 239 g/mol. The first kappa shape index (κ1) is 11.3. The number of hydrogen-bond acceptors (Lipinski definition) is 2. The maximum Gasteiger partial charge on any atom is 0.127 e. The third kappa shape index (κ3) is 2.54. The van der Waals surface area contributed by atoms with E-state index in [1.807, 2.05) is 36.4 Å². The number of nitrogens with one attached hydrogen (secondary N) is 1. The zero-order valence-electron chi connectivity index (χ0n) is 10.3. The van der Waals surface area contributed by atoms with Gasteiger partial charge in [0.05, 0.1) is 0 Å². The van der Waals surface area contributed by atoms with Crippen molar-refractivity contribution in [2.75, 3.05) is 6.54 Å². The van der Waals surface area contributed by atoms with E-state index in [0.717, 1.165) is 18.0 Å². The van der Waals surface area contributed by atoms with Gasteiger partial charge in [-0.2, -0.15) is 0 Å². The molecule has 1 aliphatic rings. The van der Waals surface area contributed by atoms with Crippen LogP contribution in [0.1, 0.15) is 24.4 Å². The lowest BCUT2D eigenvalue weighted by Gasteiger charge is -2.12. The summed E-state index contributed by atoms with van der Waals surface area (Å²) in [5, 5.41) is 3.51. The predicted molar refractivity (Wildman–Crippen MR) is 72.9 cm³/mol. The Balaban J connectivity index is 1.78. The number of rotatable bonds is 3. The molecule has 0 aromatic heterocycles. The van der Waals surface area contributed by atoms with Crippen LogP contribution in [-0.4, -0.2) is 6.54 Å². The molecule has 0 amide bonds. The molecule has 1 unspecified atom stereocenters. The summed E-state index contributed by atoms with van der Waals surface area (Å²) in [6, 6.07) is 18.8. The molecule has 1 atom stereocenters. The zero-order chi connectivity index (χ0) is 12.2. The molecule has 3 rings (SSSR count). The highest BCUT2D eigenvalue weighted by Gasteiger charge is 2.16. The van der Waals surface area contributed by atoms with Gasteiger partial charge in [-0.15, -0.1) is 0 Å². The molecule has 2 nitrogen and oxygen atoms in total. The average Bonchev–Trinajstić information content (AvgIpc) is 2.94. The molecular weight excluding hydrogens is 222 g/mol. The minimum atomic E-state index is 0.490. The lowest BCUT2D eigenvalue weighted by atomic mass is 10.1. The van der Waals surface area contributed by atoms with Gasteiger partial charge in [-0.3, -0.25) is 0 Å². The average molecular weight is 239 g/mol. The highest BCUT2D eigenvalue weighted by atomic mass is 16.5. The van der Waals surface area contributed by atoms with Gasteiger partial charge in [0.25, 0.3) is 0 Å². The third-order valence-electron chi connectivity index (χ3n) is 3.30. The smallest absolute Gasteiger partial charge is 0.127 e. The van der Waals surface area contributed by atoms with Crippen LogP contribution in [-0.2, 0) is 0 Å². The largest absolute Gasteiger partial charge is 0.457 e. The van der Waals surface area contributed by atoms with Gasteiger partial charge in [0, 0.05) is 6.04 Å². The van der Waals surface area contributed by atoms with E-state index < -0.39 is 0 Å². The van der Waals surface area contributed by atoms with Crippen molar-refractivity contribution in [1.82, 2.24) is 5.32 Å². The molecule has 1 heterocycles. The Bertz CT molecular complexity index is 504. The molecule has 0 radical (unpaired) electrons. The van der Waals surface area contributed by atoms with Gasteiger partial charge in [0.2, 0.25) is 0 Å². The second kappa shape index (κ2) is 5.23. The van der Waals surface area contributed by atoms with E-state index in [1.54, 1.807) is 0 Å². The van der Waals surface area contributed by atoms with Gasteiger partial charge in [-0.25, -0.2) is 0 Å². The zero-order valence-corrected chi connectivity index (χ0v) is 10.3. The minimum absolute atomic E-state index is 0.490. The van der Waals surface area contributed by atoms with Gasteiger partial charge in [0.15, 0.2) is 0 Å². The molecule has 1 N–H and O–H groups in total. The molecule has 92 valence electrons. The second-order valence-electron chi connectivity index (χ2n) is 4.64. The highest BCUT2D eigenvalue weighted by Crippen LogP contribution is 2.28. The fourth-order valence-corrected chi connectivity index (χ4v) is 2.39. The first-order valence-electron chi connectivity index (χ1n) is 6.48. The maximum absolute atomic E-state index is 5.85. The predicted octanol–water partition coefficient (Wildman–Crippen LogP) is 3.90. The van der Waals surface area contributed by atoms with Gasteiger partial charge < -0.3 is 10.1 Å². The van der Waals surface area contributed by atoms with Crippen LogP contribution in [0.4, 0.5) is 0 Å². The van der Waals surface area contributed by atoms with Gasteiger partial charge in [0.1, 0.15) is 11.5 Å². The molecule has 2 aromatic rings. The third-order valence-corrected chi connectivity index (χ3v) is 3.30. The standard InChI is InChI=1S/C16H17NO/c1-2-7-14(8-3-1)18-15-9-4-6-13(12-15)16-10-5-11-17-16/h1-4,6-9,12,16-17H,5,10-11H2. The van der Waals surface area contributed by atoms with Crippen molar-refractivity contribution in [2.24, 2.45) is 0 Å². The van der Waals surface area contributed by atoms with Crippen molar-refractivity contribution in [1.29, 1.82) is 0 Å². The fraction of sp³-hybridized carbons (Fsp3) is 0.250. The molecule has 1 aliphatic heterocycles. The number of para-hydroxylation sites is 1. The Hall–Kier alpha value is -1.80. The SMILES string of the molecule is c1ccc(Oc2cccc(C3CCCN3)c2)cc1. The van der Waals surface area contributed by atoms with Crippen molar-refractivity contribution >= 4 is 0 Å². The summed E-state index contributed by atoms with van der Waals surface area (Å²) in [5.41, 5.74) is 1.32. The fourth-order valence-electron chi connectivity index (χ4n) is 2.39. The Kier molecular flexibility index (Phi) is 3.29. The van der Waals surface area contributed by atoms with Crippen LogP contribution in [0.2, 0.25) is 0 Å². The van der Waals surface area contributed by atoms with Crippen molar-refractivity contribution in [3.8, 4) is 11.5 Å². The van der Waals surface area contributed by atoms with Crippen molar-refractivity contribution in [3.63, 3.8) is 0 Å². The molecule has 0 spiro atoms. The van der Waals surface area contributed by atoms with E-state index in [-0.39, 0.29) is 0 Å². The van der Waals surface area contributed by atoms with E-state index >= 15 is 0 Å². The van der Waals surface area contributed by atoms with Crippen LogP contribution in [0.25, 0.3) is 0 Å². The Labute approximate surface area is 108 Å². The van der Waals surface area contributed by atoms with E-state index in [0.29, 0.717) is 6.04 Å². The van der Waals surface area contributed by atoms with Crippen LogP contribution in [0.3, 0.4) is 0 Å². The van der Waals surface area contributed by atoms with Crippen molar-refractivity contribution in [3.05, 3.63) is 60.2 Å². The molecule has 2 aromatic carbocycles. The summed E-state index contributed by atoms with van der Waals surface area (Å²) in [6.07, 6.45) is 2.48. The highest BCUT2D eigenvalue weighted by molar-refractivity contribution is 5.35. The summed E-state index contributed by atoms with van der Waals surface area (Å²) < 4.78 is 5.85. The van der Waals surface area contributed by atoms with Crippen LogP contribution in [0, 0.1) is 0 Å². The van der Waals surface area contributed by atoms with Crippen molar-refractivity contribution in [2.45, 2.75) is 18.9 Å². The Morgan fingerprint density at radius 3 is 2.56 bits per heavy atom. The van der Waals surface area contributed by atoms with Crippen LogP contribution >= 0.6 is 0 Å². The molecule has 0 aliphatic carbocycles. The van der Waals surface area contributed by atoms with Crippen LogP contribution in [0.5, 0.6) is 11.5 Å². The van der Waals surface area contributed by atoms with E-state index in [2.05, 4.69) is 23.5 Å². The van der Waals surface area contributed by atoms with Crippen molar-refractivity contribution < 1.29 is 4.74 Å². The summed E-state index contributed by atoms with van der Waals surface area (Å²) in [5.74, 6) is 1.79. The molecule has 0 saturated carbocycles. The Morgan fingerprint density at radius 2 is 1.78 bits per heavy atom. The summed E-state index contributed by atoms with van der Waals surface area (Å²) in [6.45, 7) is 1.12. The molecule has 0 bridgehead atoms. The quantitative estimate of drug-likeness (QED) is 0.877. The second-order valence-corrected chi connectivity index (χ2v) is 4.64. The maximum atomic E-state index is 5.85. The normalized spacial score (nSPS) is 18.8. The molecule has 2 heteroatoms. The number of ether oxygens (including phenoxy) is 1. The molecule has 18 heavy (non-hydrogen) atoms. The van der Waals surface area contributed by atoms with Gasteiger partial charge >= 0.3 is 0 Å². The molecular formula is C16H17NO. The van der Waals surface area contributed by atoms with Crippen LogP contribution < -0.4 is 10.1 Å². The topological polar surface area (TPSA) is 21.3 Å². The summed E-state index contributed by atoms with van der Waals surface area (Å²) >= 11 is 0. The van der Waals surface area contributed by atoms with Gasteiger partial charge in [-0.05, 0) is 49.2 Å². The lowest BCUT2D eigenvalue weighted by Crippen LogP contribution is -2.12. The first-order valence-corrected chi connectivity index (χ1v) is 6.48. The number of benzene rings is 2. The van der Waals surface area contributed by atoms with E-state index in [9.17, 15) is 0 Å². The molecule has 1 fully saturated rings. The van der Waals surface area contributed by atoms with E-state index in [1.165, 1.54) is 18.4 Å². The minimum Gasteiger partial charge on any atom is -0.457 e. The Morgan fingerprint density at radius 1 is 0.944 bits per heavy atom. The van der Waals surface area contributed by atoms with Crippen LogP contribution in [0.15, 0.2) is 54.6 Å². The van der Waals surface area contributed by atoms with Gasteiger partial charge in [-0.1, -0.05) is 30.3 Å².